The van der Waals surface area contributed by atoms with E-state index in [1.807, 2.05) is 24.3 Å². The number of hydrogen-bond acceptors (Lipinski definition) is 4. The number of aliphatic hydroxyl groups is 2. The molecular weight excluding hydrogens is 206 g/mol. The molecule has 0 fully saturated rings. The van der Waals surface area contributed by atoms with Crippen LogP contribution < -0.4 is 5.32 Å². The number of furan rings is 1. The number of rotatable bonds is 4. The van der Waals surface area contributed by atoms with Gasteiger partial charge in [-0.25, -0.2) is 0 Å². The monoisotopic (exact) mass is 221 g/mol. The molecule has 1 aromatic heterocycles. The van der Waals surface area contributed by atoms with Gasteiger partial charge in [-0.2, -0.15) is 0 Å². The highest BCUT2D eigenvalue weighted by Crippen LogP contribution is 2.27. The second kappa shape index (κ2) is 4.65. The largest absolute Gasteiger partial charge is 0.464 e. The van der Waals surface area contributed by atoms with Crippen molar-refractivity contribution >= 4 is 11.0 Å². The highest BCUT2D eigenvalue weighted by atomic mass is 16.3. The van der Waals surface area contributed by atoms with E-state index in [-0.39, 0.29) is 0 Å². The van der Waals surface area contributed by atoms with Crippen molar-refractivity contribution in [1.82, 2.24) is 5.32 Å². The summed E-state index contributed by atoms with van der Waals surface area (Å²) in [5.74, 6) is 0. The van der Waals surface area contributed by atoms with Crippen molar-refractivity contribution in [3.05, 3.63) is 36.1 Å². The molecule has 0 spiro atoms. The topological polar surface area (TPSA) is 65.6 Å². The number of nitrogens with one attached hydrogen (secondary N) is 1. The van der Waals surface area contributed by atoms with Crippen LogP contribution in [0.3, 0.4) is 0 Å². The fourth-order valence-electron chi connectivity index (χ4n) is 1.76. The molecule has 0 radical (unpaired) electrons. The van der Waals surface area contributed by atoms with Gasteiger partial charge in [0.15, 0.2) is 0 Å². The molecule has 2 rings (SSSR count). The van der Waals surface area contributed by atoms with Crippen molar-refractivity contribution < 1.29 is 14.6 Å². The first-order chi connectivity index (χ1) is 7.74. The molecule has 2 aromatic rings. The van der Waals surface area contributed by atoms with Crippen LogP contribution in [0.2, 0.25) is 0 Å². The fraction of sp³-hybridized carbons (Fsp3) is 0.333. The molecule has 0 aliphatic heterocycles. The van der Waals surface area contributed by atoms with Crippen molar-refractivity contribution in [2.45, 2.75) is 12.2 Å². The van der Waals surface area contributed by atoms with Gasteiger partial charge in [-0.15, -0.1) is 0 Å². The summed E-state index contributed by atoms with van der Waals surface area (Å²) < 4.78 is 5.31. The average Bonchev–Trinajstić information content (AvgIpc) is 2.72. The minimum atomic E-state index is -0.934. The highest BCUT2D eigenvalue weighted by molar-refractivity contribution is 5.81. The Morgan fingerprint density at radius 3 is 2.81 bits per heavy atom. The summed E-state index contributed by atoms with van der Waals surface area (Å²) in [4.78, 5) is 0. The van der Waals surface area contributed by atoms with Crippen LogP contribution in [0.25, 0.3) is 11.0 Å². The number of likely N-dealkylation sites (N-methyl/N-ethyl adjacent to an activating group) is 1. The molecule has 2 unspecified atom stereocenters. The number of hydrogen-bond donors (Lipinski definition) is 3. The zero-order valence-corrected chi connectivity index (χ0v) is 9.05. The van der Waals surface area contributed by atoms with Gasteiger partial charge in [0.2, 0.25) is 0 Å². The Hall–Kier alpha value is -1.36. The normalized spacial score (nSPS) is 15.2. The van der Waals surface area contributed by atoms with E-state index in [9.17, 15) is 10.2 Å². The average molecular weight is 221 g/mol. The van der Waals surface area contributed by atoms with Crippen LogP contribution in [-0.2, 0) is 0 Å². The zero-order chi connectivity index (χ0) is 11.5. The molecule has 16 heavy (non-hydrogen) atoms. The predicted octanol–water partition coefficient (Wildman–Crippen LogP) is 1.05. The summed E-state index contributed by atoms with van der Waals surface area (Å²) in [6, 6.07) is 7.43. The van der Waals surface area contributed by atoms with Gasteiger partial charge in [-0.05, 0) is 13.1 Å². The van der Waals surface area contributed by atoms with Gasteiger partial charge in [-0.1, -0.05) is 18.2 Å². The maximum Gasteiger partial charge on any atom is 0.134 e. The Kier molecular flexibility index (Phi) is 3.24. The molecular formula is C12H15NO3. The molecule has 0 bridgehead atoms. The van der Waals surface area contributed by atoms with Gasteiger partial charge in [0.05, 0.1) is 12.4 Å². The third-order valence-corrected chi connectivity index (χ3v) is 2.61. The van der Waals surface area contributed by atoms with Gasteiger partial charge < -0.3 is 19.9 Å². The van der Waals surface area contributed by atoms with Gasteiger partial charge in [-0.3, -0.25) is 0 Å². The van der Waals surface area contributed by atoms with Crippen LogP contribution in [-0.4, -0.2) is 29.9 Å². The molecule has 4 nitrogen and oxygen atoms in total. The fourth-order valence-corrected chi connectivity index (χ4v) is 1.76. The van der Waals surface area contributed by atoms with Crippen molar-refractivity contribution in [3.8, 4) is 0 Å². The number of benzene rings is 1. The van der Waals surface area contributed by atoms with Gasteiger partial charge in [0.1, 0.15) is 11.7 Å². The Labute approximate surface area is 93.5 Å². The van der Waals surface area contributed by atoms with Crippen molar-refractivity contribution in [2.24, 2.45) is 0 Å². The smallest absolute Gasteiger partial charge is 0.134 e. The summed E-state index contributed by atoms with van der Waals surface area (Å²) in [5.41, 5.74) is 1.34. The predicted molar refractivity (Wildman–Crippen MR) is 61.1 cm³/mol. The van der Waals surface area contributed by atoms with E-state index in [2.05, 4.69) is 5.32 Å². The lowest BCUT2D eigenvalue weighted by molar-refractivity contribution is 0.0206. The van der Waals surface area contributed by atoms with E-state index in [0.29, 0.717) is 17.7 Å². The second-order valence-electron chi connectivity index (χ2n) is 3.76. The van der Waals surface area contributed by atoms with E-state index in [0.717, 1.165) is 5.39 Å². The van der Waals surface area contributed by atoms with Crippen LogP contribution in [0.1, 0.15) is 11.7 Å². The van der Waals surface area contributed by atoms with E-state index < -0.39 is 12.2 Å². The maximum atomic E-state index is 9.96. The summed E-state index contributed by atoms with van der Waals surface area (Å²) in [6.07, 6.45) is -0.282. The molecule has 0 saturated carbocycles. The van der Waals surface area contributed by atoms with Crippen LogP contribution in [0, 0.1) is 0 Å². The molecule has 0 amide bonds. The molecule has 86 valence electrons. The molecule has 0 aliphatic rings. The molecule has 1 heterocycles. The van der Waals surface area contributed by atoms with E-state index in [4.69, 9.17) is 4.42 Å². The second-order valence-corrected chi connectivity index (χ2v) is 3.76. The van der Waals surface area contributed by atoms with Crippen LogP contribution in [0.15, 0.2) is 34.9 Å². The van der Waals surface area contributed by atoms with Gasteiger partial charge >= 0.3 is 0 Å². The maximum absolute atomic E-state index is 9.96. The van der Waals surface area contributed by atoms with Crippen molar-refractivity contribution in [3.63, 3.8) is 0 Å². The van der Waals surface area contributed by atoms with Crippen LogP contribution in [0.5, 0.6) is 0 Å². The molecule has 3 N–H and O–H groups in total. The lowest BCUT2D eigenvalue weighted by Gasteiger charge is -2.16. The minimum absolute atomic E-state index is 0.334. The van der Waals surface area contributed by atoms with Crippen molar-refractivity contribution in [1.29, 1.82) is 0 Å². The Balaban J connectivity index is 2.32. The summed E-state index contributed by atoms with van der Waals surface area (Å²) >= 11 is 0. The molecule has 2 atom stereocenters. The SMILES string of the molecule is CNCC(O)C(O)c1coc2ccccc12. The summed E-state index contributed by atoms with van der Waals surface area (Å²) in [6.45, 7) is 0.334. The van der Waals surface area contributed by atoms with Crippen molar-refractivity contribution in [2.75, 3.05) is 13.6 Å². The summed E-state index contributed by atoms with van der Waals surface area (Å²) in [5, 5.41) is 23.3. The Morgan fingerprint density at radius 2 is 2.06 bits per heavy atom. The minimum Gasteiger partial charge on any atom is -0.464 e. The number of para-hydroxylation sites is 1. The highest BCUT2D eigenvalue weighted by Gasteiger charge is 2.21. The zero-order valence-electron chi connectivity index (χ0n) is 9.05. The Bertz CT molecular complexity index is 466. The van der Waals surface area contributed by atoms with E-state index in [1.54, 1.807) is 7.05 Å². The van der Waals surface area contributed by atoms with Crippen LogP contribution in [0.4, 0.5) is 0 Å². The molecule has 0 saturated heterocycles. The molecule has 1 aromatic carbocycles. The van der Waals surface area contributed by atoms with E-state index >= 15 is 0 Å². The molecule has 0 aliphatic carbocycles. The van der Waals surface area contributed by atoms with Crippen LogP contribution >= 0.6 is 0 Å². The summed E-state index contributed by atoms with van der Waals surface area (Å²) in [7, 11) is 1.73. The number of fused-ring (bicyclic) bond motifs is 1. The Morgan fingerprint density at radius 1 is 1.31 bits per heavy atom. The first kappa shape index (κ1) is 11.1. The number of aliphatic hydroxyl groups excluding tert-OH is 2. The third-order valence-electron chi connectivity index (χ3n) is 2.61. The van der Waals surface area contributed by atoms with E-state index in [1.165, 1.54) is 6.26 Å². The lowest BCUT2D eigenvalue weighted by Crippen LogP contribution is -2.29. The lowest BCUT2D eigenvalue weighted by atomic mass is 10.0. The quantitative estimate of drug-likeness (QED) is 0.722. The van der Waals surface area contributed by atoms with Gasteiger partial charge in [0.25, 0.3) is 0 Å². The van der Waals surface area contributed by atoms with Gasteiger partial charge in [0, 0.05) is 17.5 Å². The first-order valence-corrected chi connectivity index (χ1v) is 5.21. The third kappa shape index (κ3) is 1.95. The molecule has 4 heteroatoms. The first-order valence-electron chi connectivity index (χ1n) is 5.21. The standard InChI is InChI=1S/C12H15NO3/c1-13-6-10(14)12(15)9-7-16-11-5-3-2-4-8(9)11/h2-5,7,10,12-15H,6H2,1H3.